The van der Waals surface area contributed by atoms with E-state index in [2.05, 4.69) is 26.0 Å². The van der Waals surface area contributed by atoms with E-state index in [1.165, 1.54) is 64.2 Å². The van der Waals surface area contributed by atoms with E-state index in [0.29, 0.717) is 0 Å². The molecule has 0 spiro atoms. The number of hydrogen-bond acceptors (Lipinski definition) is 0. The summed E-state index contributed by atoms with van der Waals surface area (Å²) in [6, 6.07) is 0. The Morgan fingerprint density at radius 2 is 1.67 bits per heavy atom. The van der Waals surface area contributed by atoms with Crippen LogP contribution < -0.4 is 0 Å². The van der Waals surface area contributed by atoms with E-state index in [9.17, 15) is 0 Å². The lowest BCUT2D eigenvalue weighted by molar-refractivity contribution is 0.287. The van der Waals surface area contributed by atoms with Crippen LogP contribution in [0.3, 0.4) is 0 Å². The second-order valence-electron chi connectivity index (χ2n) is 6.32. The van der Waals surface area contributed by atoms with Crippen molar-refractivity contribution >= 4 is 0 Å². The standard InChI is InChI=1S/C18H30/c1-3-5-15-7-11-17(12-8-15)18-13-9-16(6-4-2)10-14-18/h3,5,16-17H,4,6-14H2,1-2H3/b5-3+. The van der Waals surface area contributed by atoms with Crippen LogP contribution in [0.25, 0.3) is 0 Å². The van der Waals surface area contributed by atoms with Gasteiger partial charge in [-0.2, -0.15) is 0 Å². The number of hydrogen-bond donors (Lipinski definition) is 0. The van der Waals surface area contributed by atoms with Crippen LogP contribution >= 0.6 is 0 Å². The third-order valence-electron chi connectivity index (χ3n) is 5.05. The van der Waals surface area contributed by atoms with Gasteiger partial charge in [0.05, 0.1) is 0 Å². The predicted molar refractivity (Wildman–Crippen MR) is 80.1 cm³/mol. The largest absolute Gasteiger partial charge is 0.0911 e. The molecule has 18 heavy (non-hydrogen) atoms. The molecule has 2 aliphatic carbocycles. The summed E-state index contributed by atoms with van der Waals surface area (Å²) in [5, 5.41) is 0. The third-order valence-corrected chi connectivity index (χ3v) is 5.05. The first-order chi connectivity index (χ1) is 8.83. The van der Waals surface area contributed by atoms with Crippen molar-refractivity contribution in [3.63, 3.8) is 0 Å². The summed E-state index contributed by atoms with van der Waals surface area (Å²) in [6.07, 6.45) is 18.9. The number of allylic oxidation sites excluding steroid dienone is 2. The Labute approximate surface area is 114 Å². The van der Waals surface area contributed by atoms with Crippen LogP contribution in [0.4, 0.5) is 0 Å². The minimum atomic E-state index is 0.974. The molecule has 2 rings (SSSR count). The van der Waals surface area contributed by atoms with Crippen LogP contribution in [-0.2, 0) is 0 Å². The zero-order chi connectivity index (χ0) is 12.8. The van der Waals surface area contributed by atoms with Crippen LogP contribution in [0, 0.1) is 23.7 Å². The Hall–Kier alpha value is -0.260. The van der Waals surface area contributed by atoms with Crippen molar-refractivity contribution in [2.24, 2.45) is 11.8 Å². The molecule has 102 valence electrons. The third kappa shape index (κ3) is 3.87. The highest BCUT2D eigenvalue weighted by Crippen LogP contribution is 2.44. The van der Waals surface area contributed by atoms with Crippen molar-refractivity contribution in [1.82, 2.24) is 0 Å². The molecular formula is C18H30. The molecule has 2 fully saturated rings. The van der Waals surface area contributed by atoms with Crippen molar-refractivity contribution in [3.8, 4) is 0 Å². The maximum Gasteiger partial charge on any atom is -0.00272 e. The van der Waals surface area contributed by atoms with Crippen LogP contribution in [0.5, 0.6) is 0 Å². The highest BCUT2D eigenvalue weighted by molar-refractivity contribution is 5.14. The Balaban J connectivity index is 1.71. The number of rotatable bonds is 4. The maximum atomic E-state index is 2.35. The van der Waals surface area contributed by atoms with Crippen LogP contribution in [0.2, 0.25) is 0 Å². The van der Waals surface area contributed by atoms with E-state index in [1.54, 1.807) is 5.92 Å². The van der Waals surface area contributed by atoms with E-state index in [4.69, 9.17) is 0 Å². The molecule has 0 aromatic carbocycles. The van der Waals surface area contributed by atoms with Gasteiger partial charge < -0.3 is 0 Å². The van der Waals surface area contributed by atoms with Gasteiger partial charge in [0.15, 0.2) is 0 Å². The van der Waals surface area contributed by atoms with E-state index < -0.39 is 0 Å². The minimum absolute atomic E-state index is 0.974. The van der Waals surface area contributed by atoms with Crippen molar-refractivity contribution < 1.29 is 0 Å². The molecule has 2 saturated carbocycles. The molecular weight excluding hydrogens is 216 g/mol. The van der Waals surface area contributed by atoms with Gasteiger partial charge in [0.25, 0.3) is 0 Å². The molecule has 0 atom stereocenters. The molecule has 2 radical (unpaired) electrons. The maximum absolute atomic E-state index is 2.35. The van der Waals surface area contributed by atoms with E-state index in [0.717, 1.165) is 11.8 Å². The molecule has 0 saturated heterocycles. The monoisotopic (exact) mass is 246 g/mol. The van der Waals surface area contributed by atoms with Gasteiger partial charge in [-0.05, 0) is 82.0 Å². The summed E-state index contributed by atoms with van der Waals surface area (Å²) in [5.41, 5.74) is 0. The molecule has 0 amide bonds. The van der Waals surface area contributed by atoms with Crippen LogP contribution in [0.1, 0.15) is 78.1 Å². The summed E-state index contributed by atoms with van der Waals surface area (Å²) in [5.74, 6) is 5.64. The first kappa shape index (κ1) is 14.2. The Morgan fingerprint density at radius 3 is 2.22 bits per heavy atom. The first-order valence-corrected chi connectivity index (χ1v) is 8.15. The van der Waals surface area contributed by atoms with Crippen LogP contribution in [0.15, 0.2) is 12.2 Å². The summed E-state index contributed by atoms with van der Waals surface area (Å²) in [4.78, 5) is 0. The fourth-order valence-corrected chi connectivity index (χ4v) is 3.95. The van der Waals surface area contributed by atoms with Gasteiger partial charge >= 0.3 is 0 Å². The summed E-state index contributed by atoms with van der Waals surface area (Å²) in [7, 11) is 0. The fourth-order valence-electron chi connectivity index (χ4n) is 3.95. The second-order valence-corrected chi connectivity index (χ2v) is 6.32. The van der Waals surface area contributed by atoms with E-state index in [-0.39, 0.29) is 0 Å². The molecule has 0 heterocycles. The fraction of sp³-hybridized carbons (Fsp3) is 0.778. The van der Waals surface area contributed by atoms with Crippen molar-refractivity contribution in [2.45, 2.75) is 78.1 Å². The molecule has 0 aromatic heterocycles. The van der Waals surface area contributed by atoms with Gasteiger partial charge in [-0.25, -0.2) is 0 Å². The molecule has 0 nitrogen and oxygen atoms in total. The molecule has 0 bridgehead atoms. The molecule has 0 N–H and O–H groups in total. The topological polar surface area (TPSA) is 0 Å². The van der Waals surface area contributed by atoms with Crippen molar-refractivity contribution in [2.75, 3.05) is 0 Å². The van der Waals surface area contributed by atoms with Gasteiger partial charge in [0.2, 0.25) is 0 Å². The zero-order valence-electron chi connectivity index (χ0n) is 12.4. The van der Waals surface area contributed by atoms with E-state index in [1.807, 2.05) is 5.92 Å². The second kappa shape index (κ2) is 7.36. The van der Waals surface area contributed by atoms with Gasteiger partial charge in [-0.15, -0.1) is 0 Å². The normalized spacial score (nSPS) is 26.1. The molecule has 0 unspecified atom stereocenters. The van der Waals surface area contributed by atoms with Gasteiger partial charge in [-0.1, -0.05) is 31.9 Å². The molecule has 0 aliphatic heterocycles. The van der Waals surface area contributed by atoms with Crippen molar-refractivity contribution in [3.05, 3.63) is 24.0 Å². The lowest BCUT2D eigenvalue weighted by Crippen LogP contribution is -2.23. The SMILES string of the molecule is C/C=C/[C]1CCC([C]2CCC(CCC)CC2)CC1. The lowest BCUT2D eigenvalue weighted by atomic mass is 9.69. The Bertz CT molecular complexity index is 237. The molecule has 0 heteroatoms. The Morgan fingerprint density at radius 1 is 1.00 bits per heavy atom. The predicted octanol–water partition coefficient (Wildman–Crippen LogP) is 5.89. The Kier molecular flexibility index (Phi) is 5.79. The summed E-state index contributed by atoms with van der Waals surface area (Å²) in [6.45, 7) is 4.47. The van der Waals surface area contributed by atoms with Gasteiger partial charge in [0.1, 0.15) is 0 Å². The van der Waals surface area contributed by atoms with Crippen molar-refractivity contribution in [1.29, 1.82) is 0 Å². The van der Waals surface area contributed by atoms with Crippen LogP contribution in [-0.4, -0.2) is 0 Å². The summed E-state index contributed by atoms with van der Waals surface area (Å²) < 4.78 is 0. The average molecular weight is 246 g/mol. The minimum Gasteiger partial charge on any atom is -0.0911 e. The molecule has 2 aliphatic rings. The first-order valence-electron chi connectivity index (χ1n) is 8.15. The zero-order valence-corrected chi connectivity index (χ0v) is 12.4. The van der Waals surface area contributed by atoms with Gasteiger partial charge in [0, 0.05) is 0 Å². The van der Waals surface area contributed by atoms with Gasteiger partial charge in [-0.3, -0.25) is 0 Å². The van der Waals surface area contributed by atoms with E-state index >= 15 is 0 Å². The highest BCUT2D eigenvalue weighted by Gasteiger charge is 2.30. The lowest BCUT2D eigenvalue weighted by Gasteiger charge is -2.36. The highest BCUT2D eigenvalue weighted by atomic mass is 14.3. The quantitative estimate of drug-likeness (QED) is 0.580. The average Bonchev–Trinajstić information content (AvgIpc) is 2.41. The smallest absolute Gasteiger partial charge is 0.00272 e. The molecule has 0 aromatic rings. The summed E-state index contributed by atoms with van der Waals surface area (Å²) >= 11 is 0.